The first kappa shape index (κ1) is 13.8. The maximum atomic E-state index is 12.9. The third-order valence-corrected chi connectivity index (χ3v) is 3.08. The molecule has 6 nitrogen and oxygen atoms in total. The number of thiazole rings is 1. The van der Waals surface area contributed by atoms with Crippen LogP contribution < -0.4 is 10.6 Å². The summed E-state index contributed by atoms with van der Waals surface area (Å²) in [4.78, 5) is 19.0. The highest BCUT2D eigenvalue weighted by molar-refractivity contribution is 7.15. The number of halogens is 2. The number of amides is 1. The van der Waals surface area contributed by atoms with Crippen molar-refractivity contribution < 1.29 is 13.6 Å². The van der Waals surface area contributed by atoms with Crippen molar-refractivity contribution in [3.05, 3.63) is 34.6 Å². The lowest BCUT2D eigenvalue weighted by Gasteiger charge is -2.01. The third-order valence-electron chi connectivity index (χ3n) is 2.20. The molecule has 1 amide bonds. The largest absolute Gasteiger partial charge is 0.331 e. The van der Waals surface area contributed by atoms with Crippen LogP contribution in [0.2, 0.25) is 0 Å². The molecule has 2 N–H and O–H groups in total. The maximum absolute atomic E-state index is 12.9. The van der Waals surface area contributed by atoms with Gasteiger partial charge < -0.3 is 5.32 Å². The molecule has 0 aliphatic heterocycles. The molecule has 9 heteroatoms. The molecule has 0 radical (unpaired) electrons. The monoisotopic (exact) mass is 295 g/mol. The van der Waals surface area contributed by atoms with Gasteiger partial charge in [0.05, 0.1) is 0 Å². The molecule has 0 aromatic carbocycles. The van der Waals surface area contributed by atoms with E-state index in [2.05, 4.69) is 15.3 Å². The molecule has 2 aromatic rings. The molecule has 0 aliphatic carbocycles. The Morgan fingerprint density at radius 2 is 2.00 bits per heavy atom. The molecule has 0 spiro atoms. The number of rotatable bonds is 3. The predicted octanol–water partition coefficient (Wildman–Crippen LogP) is 2.08. The second kappa shape index (κ2) is 5.58. The summed E-state index contributed by atoms with van der Waals surface area (Å²) in [6.07, 6.45) is 1.50. The number of nitrogens with zero attached hydrogens (tertiary/aromatic N) is 3. The van der Waals surface area contributed by atoms with Gasteiger partial charge >= 0.3 is 0 Å². The van der Waals surface area contributed by atoms with E-state index in [4.69, 9.17) is 5.26 Å². The van der Waals surface area contributed by atoms with E-state index >= 15 is 0 Å². The summed E-state index contributed by atoms with van der Waals surface area (Å²) in [7, 11) is 0. The van der Waals surface area contributed by atoms with Crippen molar-refractivity contribution >= 4 is 28.1 Å². The van der Waals surface area contributed by atoms with Crippen LogP contribution in [-0.2, 0) is 0 Å². The molecule has 0 saturated carbocycles. The molecule has 0 saturated heterocycles. The van der Waals surface area contributed by atoms with Gasteiger partial charge in [-0.1, -0.05) is 0 Å². The zero-order chi connectivity index (χ0) is 14.7. The van der Waals surface area contributed by atoms with Crippen LogP contribution in [0, 0.1) is 30.3 Å². The number of nitrogens with one attached hydrogen (secondary N) is 2. The van der Waals surface area contributed by atoms with Gasteiger partial charge in [0, 0.05) is 22.7 Å². The average molecular weight is 295 g/mol. The molecule has 2 rings (SSSR count). The molecular formula is C11H7F2N5OS. The van der Waals surface area contributed by atoms with E-state index < -0.39 is 17.8 Å². The summed E-state index contributed by atoms with van der Waals surface area (Å²) in [6.45, 7) is 1.64. The first-order valence-corrected chi connectivity index (χ1v) is 6.08. The zero-order valence-corrected chi connectivity index (χ0v) is 10.9. The van der Waals surface area contributed by atoms with Crippen molar-refractivity contribution in [2.45, 2.75) is 6.92 Å². The SMILES string of the molecule is Cc1sc(Nc2cc(F)nc(F)c2)nc1C(=O)NC#N. The molecule has 0 bridgehead atoms. The van der Waals surface area contributed by atoms with E-state index in [1.165, 1.54) is 6.19 Å². The van der Waals surface area contributed by atoms with Crippen LogP contribution in [0.5, 0.6) is 0 Å². The Hall–Kier alpha value is -2.60. The summed E-state index contributed by atoms with van der Waals surface area (Å²) in [5, 5.41) is 13.3. The molecule has 0 atom stereocenters. The topological polar surface area (TPSA) is 90.7 Å². The molecular weight excluding hydrogens is 288 g/mol. The van der Waals surface area contributed by atoms with Crippen molar-refractivity contribution in [3.8, 4) is 6.19 Å². The number of aryl methyl sites for hydroxylation is 1. The number of hydrogen-bond donors (Lipinski definition) is 2. The number of aromatic nitrogens is 2. The van der Waals surface area contributed by atoms with Gasteiger partial charge in [0.2, 0.25) is 11.9 Å². The van der Waals surface area contributed by atoms with Crippen molar-refractivity contribution in [3.63, 3.8) is 0 Å². The first-order chi connectivity index (χ1) is 9.49. The van der Waals surface area contributed by atoms with E-state index in [0.717, 1.165) is 23.5 Å². The van der Waals surface area contributed by atoms with Crippen LogP contribution >= 0.6 is 11.3 Å². The van der Waals surface area contributed by atoms with Gasteiger partial charge in [-0.2, -0.15) is 19.0 Å². The van der Waals surface area contributed by atoms with Crippen LogP contribution in [0.15, 0.2) is 12.1 Å². The van der Waals surface area contributed by atoms with Gasteiger partial charge in [0.25, 0.3) is 5.91 Å². The van der Waals surface area contributed by atoms with Crippen LogP contribution in [0.25, 0.3) is 0 Å². The van der Waals surface area contributed by atoms with E-state index in [0.29, 0.717) is 4.88 Å². The fourth-order valence-electron chi connectivity index (χ4n) is 1.43. The molecule has 20 heavy (non-hydrogen) atoms. The molecule has 102 valence electrons. The van der Waals surface area contributed by atoms with Crippen LogP contribution in [0.1, 0.15) is 15.4 Å². The normalized spacial score (nSPS) is 9.90. The van der Waals surface area contributed by atoms with Gasteiger partial charge in [0.15, 0.2) is 11.3 Å². The van der Waals surface area contributed by atoms with Gasteiger partial charge in [-0.15, -0.1) is 11.3 Å². The highest BCUT2D eigenvalue weighted by Crippen LogP contribution is 2.25. The Morgan fingerprint density at radius 3 is 2.60 bits per heavy atom. The fraction of sp³-hybridized carbons (Fsp3) is 0.0909. The lowest BCUT2D eigenvalue weighted by Crippen LogP contribution is -2.18. The molecule has 0 aliphatic rings. The Kier molecular flexibility index (Phi) is 3.86. The Bertz CT molecular complexity index is 689. The second-order valence-electron chi connectivity index (χ2n) is 3.62. The van der Waals surface area contributed by atoms with Gasteiger partial charge in [-0.05, 0) is 6.92 Å². The fourth-order valence-corrected chi connectivity index (χ4v) is 2.26. The van der Waals surface area contributed by atoms with Crippen molar-refractivity contribution in [1.29, 1.82) is 5.26 Å². The standard InChI is InChI=1S/C11H7F2N5OS/c1-5-9(10(19)15-4-14)18-11(20-5)16-6-2-7(12)17-8(13)3-6/h2-3H,1H3,(H,15,19)(H,16,17,18). The third kappa shape index (κ3) is 3.04. The number of carbonyl (C=O) groups is 1. The van der Waals surface area contributed by atoms with Gasteiger partial charge in [-0.25, -0.2) is 4.98 Å². The number of pyridine rings is 1. The highest BCUT2D eigenvalue weighted by atomic mass is 32.1. The zero-order valence-electron chi connectivity index (χ0n) is 10.1. The van der Waals surface area contributed by atoms with Gasteiger partial charge in [0.1, 0.15) is 5.69 Å². The quantitative estimate of drug-likeness (QED) is 0.514. The summed E-state index contributed by atoms with van der Waals surface area (Å²) in [6, 6.07) is 1.99. The molecule has 2 aromatic heterocycles. The number of carbonyl (C=O) groups excluding carboxylic acids is 1. The number of hydrogen-bond acceptors (Lipinski definition) is 6. The van der Waals surface area contributed by atoms with Crippen molar-refractivity contribution in [1.82, 2.24) is 15.3 Å². The van der Waals surface area contributed by atoms with Crippen LogP contribution in [0.4, 0.5) is 19.6 Å². The van der Waals surface area contributed by atoms with Gasteiger partial charge in [-0.3, -0.25) is 10.1 Å². The van der Waals surface area contributed by atoms with Crippen molar-refractivity contribution in [2.75, 3.05) is 5.32 Å². The Morgan fingerprint density at radius 1 is 1.35 bits per heavy atom. The Labute approximate surface area is 116 Å². The maximum Gasteiger partial charge on any atom is 0.284 e. The highest BCUT2D eigenvalue weighted by Gasteiger charge is 2.15. The number of anilines is 2. The smallest absolute Gasteiger partial charge is 0.284 e. The Balaban J connectivity index is 2.25. The van der Waals surface area contributed by atoms with Crippen LogP contribution in [0.3, 0.4) is 0 Å². The average Bonchev–Trinajstić information content (AvgIpc) is 2.69. The lowest BCUT2D eigenvalue weighted by molar-refractivity contribution is 0.0968. The summed E-state index contributed by atoms with van der Waals surface area (Å²) < 4.78 is 25.9. The minimum Gasteiger partial charge on any atom is -0.331 e. The van der Waals surface area contributed by atoms with E-state index in [-0.39, 0.29) is 16.5 Å². The van der Waals surface area contributed by atoms with Crippen LogP contribution in [-0.4, -0.2) is 15.9 Å². The predicted molar refractivity (Wildman–Crippen MR) is 67.4 cm³/mol. The number of nitriles is 1. The molecule has 0 fully saturated rings. The summed E-state index contributed by atoms with van der Waals surface area (Å²) in [5.74, 6) is -2.58. The summed E-state index contributed by atoms with van der Waals surface area (Å²) in [5.41, 5.74) is 0.199. The minimum atomic E-state index is -0.969. The van der Waals surface area contributed by atoms with Crippen molar-refractivity contribution in [2.24, 2.45) is 0 Å². The summed E-state index contributed by atoms with van der Waals surface area (Å²) >= 11 is 1.12. The molecule has 0 unspecified atom stereocenters. The van der Waals surface area contributed by atoms with E-state index in [1.807, 2.05) is 5.32 Å². The first-order valence-electron chi connectivity index (χ1n) is 5.26. The minimum absolute atomic E-state index is 0.0778. The lowest BCUT2D eigenvalue weighted by atomic mass is 10.3. The molecule has 2 heterocycles. The second-order valence-corrected chi connectivity index (χ2v) is 4.82. The van der Waals surface area contributed by atoms with E-state index in [9.17, 15) is 13.6 Å². The van der Waals surface area contributed by atoms with E-state index in [1.54, 1.807) is 6.92 Å².